The Morgan fingerprint density at radius 1 is 1.09 bits per heavy atom. The molecule has 2 fully saturated rings. The lowest BCUT2D eigenvalue weighted by Crippen LogP contribution is -2.45. The molecule has 2 aliphatic rings. The first-order chi connectivity index (χ1) is 16.2. The number of Topliss-reactive ketones (excluding diaryl/α,β-unsaturated/α-hetero) is 1. The second-order valence-electron chi connectivity index (χ2n) is 11.4. The van der Waals surface area contributed by atoms with Crippen LogP contribution in [0.15, 0.2) is 0 Å². The average molecular weight is 489 g/mol. The summed E-state index contributed by atoms with van der Waals surface area (Å²) in [5.41, 5.74) is 0. The molecule has 5 heteroatoms. The molecule has 0 spiro atoms. The Bertz CT molecular complexity index is 740. The SMILES string of the molecule is CCCC[C@H]1[C@H](O[Si](C)(C)C(C)(C)C)CC(=O)[C@@H]1CC#CC#CCCCCOC1CCCCO1. The van der Waals surface area contributed by atoms with Gasteiger partial charge in [-0.05, 0) is 74.4 Å². The monoisotopic (exact) mass is 488 g/mol. The van der Waals surface area contributed by atoms with E-state index in [0.717, 1.165) is 64.6 Å². The lowest BCUT2D eigenvalue weighted by atomic mass is 9.87. The van der Waals surface area contributed by atoms with Gasteiger partial charge in [0.15, 0.2) is 14.6 Å². The average Bonchev–Trinajstić information content (AvgIpc) is 3.06. The molecule has 1 heterocycles. The summed E-state index contributed by atoms with van der Waals surface area (Å²) in [6.45, 7) is 15.1. The van der Waals surface area contributed by atoms with E-state index in [0.29, 0.717) is 18.6 Å². The van der Waals surface area contributed by atoms with E-state index in [4.69, 9.17) is 13.9 Å². The van der Waals surface area contributed by atoms with Crippen molar-refractivity contribution in [1.82, 2.24) is 0 Å². The predicted octanol–water partition coefficient (Wildman–Crippen LogP) is 6.88. The Balaban J connectivity index is 1.78. The second-order valence-corrected chi connectivity index (χ2v) is 16.2. The minimum absolute atomic E-state index is 0.00275. The molecule has 34 heavy (non-hydrogen) atoms. The molecule has 192 valence electrons. The first-order valence-electron chi connectivity index (χ1n) is 13.5. The van der Waals surface area contributed by atoms with Gasteiger partial charge < -0.3 is 13.9 Å². The van der Waals surface area contributed by atoms with E-state index in [1.165, 1.54) is 6.42 Å². The standard InChI is InChI=1S/C29H48O4Si/c1-7-8-18-25-24(26(30)23-27(25)33-34(5,6)29(2,3)4)19-14-12-10-9-11-13-16-21-31-28-20-15-17-22-32-28/h24-25,27-28H,7-8,11,13,15-23H2,1-6H3/t24-,25-,27-,28?/m1/s1. The molecular formula is C29H48O4Si. The zero-order valence-electron chi connectivity index (χ0n) is 22.6. The Labute approximate surface area is 210 Å². The molecule has 1 unspecified atom stereocenters. The Kier molecular flexibility index (Phi) is 12.4. The van der Waals surface area contributed by atoms with Crippen molar-refractivity contribution in [2.75, 3.05) is 13.2 Å². The highest BCUT2D eigenvalue weighted by Gasteiger charge is 2.47. The molecule has 0 N–H and O–H groups in total. The van der Waals surface area contributed by atoms with Crippen molar-refractivity contribution in [2.24, 2.45) is 11.8 Å². The smallest absolute Gasteiger partial charge is 0.192 e. The van der Waals surface area contributed by atoms with E-state index in [9.17, 15) is 4.79 Å². The Morgan fingerprint density at radius 2 is 1.85 bits per heavy atom. The number of hydrogen-bond donors (Lipinski definition) is 0. The minimum atomic E-state index is -1.91. The van der Waals surface area contributed by atoms with Gasteiger partial charge in [0.1, 0.15) is 5.78 Å². The number of carbonyl (C=O) groups is 1. The number of ketones is 1. The van der Waals surface area contributed by atoms with E-state index in [1.807, 2.05) is 0 Å². The van der Waals surface area contributed by atoms with Crippen LogP contribution >= 0.6 is 0 Å². The maximum atomic E-state index is 12.9. The van der Waals surface area contributed by atoms with E-state index < -0.39 is 8.32 Å². The third kappa shape index (κ3) is 9.50. The highest BCUT2D eigenvalue weighted by molar-refractivity contribution is 6.74. The molecule has 4 nitrogen and oxygen atoms in total. The van der Waals surface area contributed by atoms with Crippen LogP contribution in [0.1, 0.15) is 98.3 Å². The van der Waals surface area contributed by atoms with Crippen molar-refractivity contribution in [3.05, 3.63) is 0 Å². The van der Waals surface area contributed by atoms with E-state index in [2.05, 4.69) is 64.5 Å². The number of hydrogen-bond acceptors (Lipinski definition) is 4. The van der Waals surface area contributed by atoms with Crippen LogP contribution in [-0.2, 0) is 18.7 Å². The van der Waals surface area contributed by atoms with Crippen LogP contribution < -0.4 is 0 Å². The highest BCUT2D eigenvalue weighted by Crippen LogP contribution is 2.43. The van der Waals surface area contributed by atoms with Gasteiger partial charge in [-0.1, -0.05) is 52.4 Å². The summed E-state index contributed by atoms with van der Waals surface area (Å²) < 4.78 is 18.1. The molecule has 0 aromatic rings. The fourth-order valence-electron chi connectivity index (χ4n) is 4.46. The van der Waals surface area contributed by atoms with Gasteiger partial charge in [0.25, 0.3) is 0 Å². The topological polar surface area (TPSA) is 44.8 Å². The fourth-order valence-corrected chi connectivity index (χ4v) is 5.83. The van der Waals surface area contributed by atoms with Crippen molar-refractivity contribution in [2.45, 2.75) is 129 Å². The fraction of sp³-hybridized carbons (Fsp3) is 0.828. The highest BCUT2D eigenvalue weighted by atomic mass is 28.4. The van der Waals surface area contributed by atoms with Crippen LogP contribution in [0.3, 0.4) is 0 Å². The number of rotatable bonds is 11. The predicted molar refractivity (Wildman–Crippen MR) is 142 cm³/mol. The minimum Gasteiger partial charge on any atom is -0.413 e. The van der Waals surface area contributed by atoms with Crippen molar-refractivity contribution >= 4 is 14.1 Å². The van der Waals surface area contributed by atoms with Gasteiger partial charge in [-0.3, -0.25) is 4.79 Å². The molecule has 4 atom stereocenters. The molecule has 0 bridgehead atoms. The zero-order chi connectivity index (χ0) is 25.0. The number of carbonyl (C=O) groups excluding carboxylic acids is 1. The lowest BCUT2D eigenvalue weighted by Gasteiger charge is -2.40. The van der Waals surface area contributed by atoms with Gasteiger partial charge in [-0.2, -0.15) is 0 Å². The molecule has 1 saturated carbocycles. The van der Waals surface area contributed by atoms with Gasteiger partial charge in [0, 0.05) is 38.4 Å². The van der Waals surface area contributed by atoms with Crippen molar-refractivity contribution in [1.29, 1.82) is 0 Å². The maximum Gasteiger partial charge on any atom is 0.192 e. The molecule has 0 aromatic carbocycles. The Morgan fingerprint density at radius 3 is 2.53 bits per heavy atom. The molecule has 2 rings (SSSR count). The number of unbranched alkanes of at least 4 members (excludes halogenated alkanes) is 3. The van der Waals surface area contributed by atoms with Crippen LogP contribution in [-0.4, -0.2) is 39.7 Å². The van der Waals surface area contributed by atoms with Crippen LogP contribution in [0.2, 0.25) is 18.1 Å². The largest absolute Gasteiger partial charge is 0.413 e. The summed E-state index contributed by atoms with van der Waals surface area (Å²) in [7, 11) is -1.91. The summed E-state index contributed by atoms with van der Waals surface area (Å²) in [6, 6.07) is 0. The quantitative estimate of drug-likeness (QED) is 0.181. The van der Waals surface area contributed by atoms with Gasteiger partial charge >= 0.3 is 0 Å². The van der Waals surface area contributed by atoms with Crippen molar-refractivity contribution < 1.29 is 18.7 Å². The summed E-state index contributed by atoms with van der Waals surface area (Å²) in [6.07, 6.45) is 10.7. The lowest BCUT2D eigenvalue weighted by molar-refractivity contribution is -0.162. The Hall–Kier alpha value is -1.11. The molecule has 0 amide bonds. The summed E-state index contributed by atoms with van der Waals surface area (Å²) in [5.74, 6) is 12.9. The normalized spacial score (nSPS) is 25.4. The summed E-state index contributed by atoms with van der Waals surface area (Å²) >= 11 is 0. The zero-order valence-corrected chi connectivity index (χ0v) is 23.6. The van der Waals surface area contributed by atoms with Crippen LogP contribution in [0.25, 0.3) is 0 Å². The first kappa shape index (κ1) is 29.1. The number of ether oxygens (including phenoxy) is 2. The third-order valence-electron chi connectivity index (χ3n) is 7.65. The third-order valence-corrected chi connectivity index (χ3v) is 12.2. The molecular weight excluding hydrogens is 440 g/mol. The van der Waals surface area contributed by atoms with E-state index in [1.54, 1.807) is 0 Å². The second kappa shape index (κ2) is 14.4. The van der Waals surface area contributed by atoms with E-state index >= 15 is 0 Å². The molecule has 0 radical (unpaired) electrons. The van der Waals surface area contributed by atoms with Crippen LogP contribution in [0, 0.1) is 35.5 Å². The van der Waals surface area contributed by atoms with Crippen molar-refractivity contribution in [3.63, 3.8) is 0 Å². The maximum absolute atomic E-state index is 12.9. The van der Waals surface area contributed by atoms with Gasteiger partial charge in [0.2, 0.25) is 0 Å². The first-order valence-corrected chi connectivity index (χ1v) is 16.5. The summed E-state index contributed by atoms with van der Waals surface area (Å²) in [4.78, 5) is 12.9. The molecule has 1 aliphatic heterocycles. The van der Waals surface area contributed by atoms with Crippen LogP contribution in [0.4, 0.5) is 0 Å². The van der Waals surface area contributed by atoms with E-state index in [-0.39, 0.29) is 29.3 Å². The van der Waals surface area contributed by atoms with Gasteiger partial charge in [-0.15, -0.1) is 0 Å². The molecule has 1 aliphatic carbocycles. The molecule has 0 aromatic heterocycles. The van der Waals surface area contributed by atoms with Crippen LogP contribution in [0.5, 0.6) is 0 Å². The molecule has 1 saturated heterocycles. The summed E-state index contributed by atoms with van der Waals surface area (Å²) in [5, 5.41) is 0.147. The van der Waals surface area contributed by atoms with Gasteiger partial charge in [-0.25, -0.2) is 0 Å². The van der Waals surface area contributed by atoms with Gasteiger partial charge in [0.05, 0.1) is 6.10 Å². The van der Waals surface area contributed by atoms with Crippen molar-refractivity contribution in [3.8, 4) is 23.7 Å².